The predicted molar refractivity (Wildman–Crippen MR) is 109 cm³/mol. The summed E-state index contributed by atoms with van der Waals surface area (Å²) >= 11 is 0. The lowest BCUT2D eigenvalue weighted by Crippen LogP contribution is -2.18. The molecule has 0 aliphatic rings. The van der Waals surface area contributed by atoms with Gasteiger partial charge in [-0.05, 0) is 35.9 Å². The van der Waals surface area contributed by atoms with Gasteiger partial charge in [0.25, 0.3) is 5.91 Å². The van der Waals surface area contributed by atoms with Crippen LogP contribution in [0.4, 0.5) is 0 Å². The van der Waals surface area contributed by atoms with Crippen molar-refractivity contribution in [1.82, 2.24) is 15.2 Å². The van der Waals surface area contributed by atoms with Gasteiger partial charge < -0.3 is 14.6 Å². The first-order valence-electron chi connectivity index (χ1n) is 8.71. The molecule has 2 aromatic carbocycles. The summed E-state index contributed by atoms with van der Waals surface area (Å²) in [5, 5.41) is 18.0. The number of rotatable bonds is 8. The maximum Gasteiger partial charge on any atom is 0.295 e. The number of hydrazone groups is 1. The summed E-state index contributed by atoms with van der Waals surface area (Å²) in [6.45, 7) is 3.96. The third-order valence-corrected chi connectivity index (χ3v) is 3.85. The molecule has 148 valence electrons. The highest BCUT2D eigenvalue weighted by molar-refractivity contribution is 5.95. The Morgan fingerprint density at radius 1 is 1.28 bits per heavy atom. The Hall–Kier alpha value is -4.07. The fourth-order valence-corrected chi connectivity index (χ4v) is 2.49. The van der Waals surface area contributed by atoms with E-state index in [1.165, 1.54) is 24.2 Å². The third kappa shape index (κ3) is 4.81. The number of carbonyl (C=O) groups is 1. The lowest BCUT2D eigenvalue weighted by Gasteiger charge is -2.09. The van der Waals surface area contributed by atoms with E-state index < -0.39 is 5.91 Å². The van der Waals surface area contributed by atoms with E-state index >= 15 is 0 Å². The molecule has 8 nitrogen and oxygen atoms in total. The lowest BCUT2D eigenvalue weighted by atomic mass is 10.2. The van der Waals surface area contributed by atoms with Crippen LogP contribution in [0.1, 0.15) is 16.1 Å². The summed E-state index contributed by atoms with van der Waals surface area (Å²) in [4.78, 5) is 12.3. The predicted octanol–water partition coefficient (Wildman–Crippen LogP) is 2.92. The van der Waals surface area contributed by atoms with Crippen molar-refractivity contribution in [2.75, 3.05) is 13.7 Å². The van der Waals surface area contributed by atoms with Crippen molar-refractivity contribution < 1.29 is 19.4 Å². The van der Waals surface area contributed by atoms with Crippen molar-refractivity contribution in [3.8, 4) is 22.9 Å². The molecule has 0 unspecified atom stereocenters. The van der Waals surface area contributed by atoms with Crippen molar-refractivity contribution >= 4 is 12.1 Å². The number of hydrogen-bond acceptors (Lipinski definition) is 6. The van der Waals surface area contributed by atoms with Crippen molar-refractivity contribution in [1.29, 1.82) is 0 Å². The monoisotopic (exact) mass is 392 g/mol. The van der Waals surface area contributed by atoms with Crippen LogP contribution < -0.4 is 14.9 Å². The molecule has 0 aliphatic carbocycles. The molecule has 2 N–H and O–H groups in total. The van der Waals surface area contributed by atoms with E-state index in [-0.39, 0.29) is 11.4 Å². The number of para-hydroxylation sites is 1. The molecule has 3 rings (SSSR count). The van der Waals surface area contributed by atoms with Crippen LogP contribution in [-0.2, 0) is 0 Å². The second kappa shape index (κ2) is 9.23. The van der Waals surface area contributed by atoms with Gasteiger partial charge in [-0.1, -0.05) is 30.9 Å². The van der Waals surface area contributed by atoms with Gasteiger partial charge in [0.15, 0.2) is 22.9 Å². The van der Waals surface area contributed by atoms with Crippen molar-refractivity contribution in [2.24, 2.45) is 5.10 Å². The summed E-state index contributed by atoms with van der Waals surface area (Å²) in [5.41, 5.74) is 3.63. The number of amides is 1. The van der Waals surface area contributed by atoms with Gasteiger partial charge in [-0.2, -0.15) is 10.2 Å². The molecule has 0 spiro atoms. The molecular weight excluding hydrogens is 372 g/mol. The minimum atomic E-state index is -0.633. The van der Waals surface area contributed by atoms with Gasteiger partial charge in [-0.25, -0.2) is 10.1 Å². The van der Waals surface area contributed by atoms with Crippen LogP contribution in [-0.4, -0.2) is 40.7 Å². The normalized spacial score (nSPS) is 10.7. The van der Waals surface area contributed by atoms with Crippen LogP contribution in [0, 0.1) is 0 Å². The molecule has 8 heteroatoms. The van der Waals surface area contributed by atoms with Crippen molar-refractivity contribution in [3.63, 3.8) is 0 Å². The molecule has 1 amide bonds. The molecule has 0 bridgehead atoms. The van der Waals surface area contributed by atoms with Gasteiger partial charge in [0.2, 0.25) is 0 Å². The van der Waals surface area contributed by atoms with Gasteiger partial charge in [-0.15, -0.1) is 0 Å². The first kappa shape index (κ1) is 19.7. The van der Waals surface area contributed by atoms with Crippen LogP contribution in [0.15, 0.2) is 72.5 Å². The van der Waals surface area contributed by atoms with Crippen LogP contribution in [0.2, 0.25) is 0 Å². The van der Waals surface area contributed by atoms with E-state index in [1.807, 2.05) is 30.3 Å². The Balaban J connectivity index is 1.68. The summed E-state index contributed by atoms with van der Waals surface area (Å²) in [5.74, 6) is 0.226. The molecule has 29 heavy (non-hydrogen) atoms. The standard InChI is InChI=1S/C21H20N4O4/c1-3-11-29-18-10-9-15(12-19(18)28-2)13-22-23-21(27)20-17(26)14-25(24-20)16-7-5-4-6-8-16/h3-10,12-14,26H,1,11H2,2H3,(H,23,27)/b22-13+. The Morgan fingerprint density at radius 2 is 2.07 bits per heavy atom. The van der Waals surface area contributed by atoms with Gasteiger partial charge in [0.05, 0.1) is 25.2 Å². The maximum absolute atomic E-state index is 12.3. The van der Waals surface area contributed by atoms with Crippen molar-refractivity contribution in [2.45, 2.75) is 0 Å². The number of ether oxygens (including phenoxy) is 2. The number of benzene rings is 2. The first-order chi connectivity index (χ1) is 14.1. The molecular formula is C21H20N4O4. The molecule has 0 aliphatic heterocycles. The average molecular weight is 392 g/mol. The highest BCUT2D eigenvalue weighted by Gasteiger charge is 2.16. The van der Waals surface area contributed by atoms with Crippen LogP contribution in [0.3, 0.4) is 0 Å². The first-order valence-corrected chi connectivity index (χ1v) is 8.71. The van der Waals surface area contributed by atoms with E-state index in [0.717, 1.165) is 5.69 Å². The van der Waals surface area contributed by atoms with Gasteiger partial charge >= 0.3 is 0 Å². The quantitative estimate of drug-likeness (QED) is 0.349. The molecule has 0 fully saturated rings. The molecule has 0 radical (unpaired) electrons. The summed E-state index contributed by atoms with van der Waals surface area (Å²) in [6.07, 6.45) is 4.45. The van der Waals surface area contributed by atoms with E-state index in [4.69, 9.17) is 9.47 Å². The van der Waals surface area contributed by atoms with E-state index in [0.29, 0.717) is 23.7 Å². The third-order valence-electron chi connectivity index (χ3n) is 3.85. The zero-order chi connectivity index (χ0) is 20.6. The second-order valence-corrected chi connectivity index (χ2v) is 5.85. The highest BCUT2D eigenvalue weighted by Crippen LogP contribution is 2.27. The molecule has 3 aromatic rings. The summed E-state index contributed by atoms with van der Waals surface area (Å²) in [6, 6.07) is 14.4. The number of carbonyl (C=O) groups excluding carboxylic acids is 1. The Morgan fingerprint density at radius 3 is 2.79 bits per heavy atom. The number of nitrogens with one attached hydrogen (secondary N) is 1. The summed E-state index contributed by atoms with van der Waals surface area (Å²) < 4.78 is 12.2. The van der Waals surface area contributed by atoms with E-state index in [2.05, 4.69) is 22.2 Å². The Bertz CT molecular complexity index is 1030. The second-order valence-electron chi connectivity index (χ2n) is 5.85. The molecule has 0 saturated carbocycles. The van der Waals surface area contributed by atoms with Crippen LogP contribution >= 0.6 is 0 Å². The largest absolute Gasteiger partial charge is 0.504 e. The fraction of sp³-hybridized carbons (Fsp3) is 0.0952. The lowest BCUT2D eigenvalue weighted by molar-refractivity contribution is 0.0947. The summed E-state index contributed by atoms with van der Waals surface area (Å²) in [7, 11) is 1.53. The molecule has 1 heterocycles. The fourth-order valence-electron chi connectivity index (χ4n) is 2.49. The maximum atomic E-state index is 12.3. The van der Waals surface area contributed by atoms with Gasteiger partial charge in [-0.3, -0.25) is 4.79 Å². The Kier molecular flexibility index (Phi) is 6.26. The highest BCUT2D eigenvalue weighted by atomic mass is 16.5. The average Bonchev–Trinajstić information content (AvgIpc) is 3.15. The minimum Gasteiger partial charge on any atom is -0.504 e. The zero-order valence-corrected chi connectivity index (χ0v) is 15.8. The van der Waals surface area contributed by atoms with E-state index in [1.54, 1.807) is 24.3 Å². The topological polar surface area (TPSA) is 98.0 Å². The number of nitrogens with zero attached hydrogens (tertiary/aromatic N) is 3. The molecule has 0 atom stereocenters. The van der Waals surface area contributed by atoms with Crippen LogP contribution in [0.5, 0.6) is 17.2 Å². The minimum absolute atomic E-state index is 0.128. The van der Waals surface area contributed by atoms with Gasteiger partial charge in [0, 0.05) is 0 Å². The van der Waals surface area contributed by atoms with Crippen LogP contribution in [0.25, 0.3) is 5.69 Å². The molecule has 1 aromatic heterocycles. The Labute approximate surface area is 167 Å². The number of aromatic nitrogens is 2. The SMILES string of the molecule is C=CCOc1ccc(/C=N/NC(=O)c2nn(-c3ccccc3)cc2O)cc1OC. The number of aromatic hydroxyl groups is 1. The smallest absolute Gasteiger partial charge is 0.295 e. The zero-order valence-electron chi connectivity index (χ0n) is 15.8. The number of methoxy groups -OCH3 is 1. The van der Waals surface area contributed by atoms with E-state index in [9.17, 15) is 9.90 Å². The van der Waals surface area contributed by atoms with Gasteiger partial charge in [0.1, 0.15) is 6.61 Å². The molecule has 0 saturated heterocycles. The van der Waals surface area contributed by atoms with Crippen molar-refractivity contribution in [3.05, 3.63) is 78.6 Å². The number of hydrogen-bond donors (Lipinski definition) is 2.